The lowest BCUT2D eigenvalue weighted by atomic mass is 10.1. The van der Waals surface area contributed by atoms with Crippen molar-refractivity contribution in [1.82, 2.24) is 5.06 Å². The Morgan fingerprint density at radius 1 is 1.28 bits per heavy atom. The first-order valence-corrected chi connectivity index (χ1v) is 5.37. The van der Waals surface area contributed by atoms with Crippen molar-refractivity contribution in [2.45, 2.75) is 19.3 Å². The predicted octanol–water partition coefficient (Wildman–Crippen LogP) is 0.975. The molecule has 1 aromatic carbocycles. The third-order valence-electron chi connectivity index (χ3n) is 2.44. The molecule has 1 aliphatic rings. The van der Waals surface area contributed by atoms with Crippen molar-refractivity contribution in [1.29, 1.82) is 0 Å². The number of nitrogens with zero attached hydrogens (tertiary/aromatic N) is 1. The van der Waals surface area contributed by atoms with Gasteiger partial charge in [-0.15, -0.1) is 5.06 Å². The minimum Gasteiger partial charge on any atom is -0.330 e. The molecule has 1 saturated heterocycles. The average Bonchev–Trinajstić information content (AvgIpc) is 2.61. The van der Waals surface area contributed by atoms with E-state index >= 15 is 0 Å². The summed E-state index contributed by atoms with van der Waals surface area (Å²) in [5, 5.41) is 0.474. The number of benzene rings is 1. The maximum Gasteiger partial charge on any atom is 0.337 e. The van der Waals surface area contributed by atoms with E-state index in [1.165, 1.54) is 18.2 Å². The molecular formula is C12H10FNO4. The van der Waals surface area contributed by atoms with Crippen LogP contribution in [0.25, 0.3) is 0 Å². The summed E-state index contributed by atoms with van der Waals surface area (Å²) in [6.45, 7) is 0. The van der Waals surface area contributed by atoms with Crippen molar-refractivity contribution in [2.75, 3.05) is 0 Å². The normalized spacial score (nSPS) is 15.1. The lowest BCUT2D eigenvalue weighted by Gasteiger charge is -2.12. The van der Waals surface area contributed by atoms with Gasteiger partial charge in [0.2, 0.25) is 0 Å². The van der Waals surface area contributed by atoms with Crippen LogP contribution in [0.3, 0.4) is 0 Å². The number of rotatable bonds is 3. The first-order valence-electron chi connectivity index (χ1n) is 5.37. The van der Waals surface area contributed by atoms with Crippen molar-refractivity contribution in [3.05, 3.63) is 35.6 Å². The number of carbonyl (C=O) groups excluding carboxylic acids is 3. The van der Waals surface area contributed by atoms with E-state index in [4.69, 9.17) is 0 Å². The monoisotopic (exact) mass is 251 g/mol. The maximum absolute atomic E-state index is 12.9. The zero-order valence-corrected chi connectivity index (χ0v) is 9.39. The molecule has 2 rings (SSSR count). The number of hydrogen-bond acceptors (Lipinski definition) is 4. The van der Waals surface area contributed by atoms with E-state index in [0.29, 0.717) is 10.6 Å². The fraction of sp³-hybridized carbons (Fsp3) is 0.250. The molecule has 0 N–H and O–H groups in total. The minimum atomic E-state index is -0.774. The third-order valence-corrected chi connectivity index (χ3v) is 2.44. The predicted molar refractivity (Wildman–Crippen MR) is 57.3 cm³/mol. The Bertz CT molecular complexity index is 499. The second kappa shape index (κ2) is 4.95. The highest BCUT2D eigenvalue weighted by Crippen LogP contribution is 2.13. The van der Waals surface area contributed by atoms with Gasteiger partial charge in [0.25, 0.3) is 11.8 Å². The van der Waals surface area contributed by atoms with Gasteiger partial charge in [-0.1, -0.05) is 12.1 Å². The summed E-state index contributed by atoms with van der Waals surface area (Å²) < 4.78 is 12.9. The van der Waals surface area contributed by atoms with E-state index in [9.17, 15) is 18.8 Å². The SMILES string of the molecule is O=C(Cc1cccc(F)c1)ON1C(=O)CCC1=O. The third kappa shape index (κ3) is 2.71. The summed E-state index contributed by atoms with van der Waals surface area (Å²) in [5.41, 5.74) is 0.416. The molecule has 94 valence electrons. The summed E-state index contributed by atoms with van der Waals surface area (Å²) in [6.07, 6.45) is -0.104. The highest BCUT2D eigenvalue weighted by molar-refractivity contribution is 6.01. The van der Waals surface area contributed by atoms with Crippen molar-refractivity contribution in [3.8, 4) is 0 Å². The second-order valence-electron chi connectivity index (χ2n) is 3.85. The summed E-state index contributed by atoms with van der Waals surface area (Å²) >= 11 is 0. The van der Waals surface area contributed by atoms with Crippen LogP contribution in [0.15, 0.2) is 24.3 Å². The van der Waals surface area contributed by atoms with E-state index in [1.807, 2.05) is 0 Å². The van der Waals surface area contributed by atoms with Gasteiger partial charge in [0, 0.05) is 12.8 Å². The maximum atomic E-state index is 12.9. The van der Waals surface area contributed by atoms with E-state index < -0.39 is 23.6 Å². The number of halogens is 1. The van der Waals surface area contributed by atoms with Gasteiger partial charge in [-0.05, 0) is 17.7 Å². The smallest absolute Gasteiger partial charge is 0.330 e. The summed E-state index contributed by atoms with van der Waals surface area (Å²) in [5.74, 6) is -2.31. The molecule has 0 unspecified atom stereocenters. The van der Waals surface area contributed by atoms with Crippen LogP contribution in [0.1, 0.15) is 18.4 Å². The lowest BCUT2D eigenvalue weighted by molar-refractivity contribution is -0.197. The molecule has 0 aromatic heterocycles. The molecule has 0 atom stereocenters. The molecule has 1 aliphatic heterocycles. The molecule has 18 heavy (non-hydrogen) atoms. The molecule has 2 amide bonds. The Hall–Kier alpha value is -2.24. The zero-order chi connectivity index (χ0) is 13.1. The molecule has 0 spiro atoms. The van der Waals surface area contributed by atoms with Crippen LogP contribution >= 0.6 is 0 Å². The van der Waals surface area contributed by atoms with Crippen LogP contribution in [0.4, 0.5) is 4.39 Å². The van der Waals surface area contributed by atoms with Crippen LogP contribution < -0.4 is 0 Å². The summed E-state index contributed by atoms with van der Waals surface area (Å²) in [7, 11) is 0. The first-order chi connectivity index (χ1) is 8.56. The van der Waals surface area contributed by atoms with Gasteiger partial charge in [-0.2, -0.15) is 0 Å². The van der Waals surface area contributed by atoms with Crippen LogP contribution in [-0.2, 0) is 25.6 Å². The molecule has 1 aromatic rings. The zero-order valence-electron chi connectivity index (χ0n) is 9.39. The Morgan fingerprint density at radius 2 is 1.94 bits per heavy atom. The van der Waals surface area contributed by atoms with Crippen molar-refractivity contribution in [3.63, 3.8) is 0 Å². The molecule has 0 aliphatic carbocycles. The van der Waals surface area contributed by atoms with Crippen LogP contribution in [-0.4, -0.2) is 22.8 Å². The fourth-order valence-electron chi connectivity index (χ4n) is 1.61. The molecule has 1 heterocycles. The number of carbonyl (C=O) groups is 3. The molecule has 6 heteroatoms. The number of hydroxylamine groups is 2. The lowest BCUT2D eigenvalue weighted by Crippen LogP contribution is -2.32. The van der Waals surface area contributed by atoms with Gasteiger partial charge in [0.05, 0.1) is 6.42 Å². The number of imide groups is 1. The van der Waals surface area contributed by atoms with Crippen LogP contribution in [0, 0.1) is 5.82 Å². The van der Waals surface area contributed by atoms with Crippen molar-refractivity contribution in [2.24, 2.45) is 0 Å². The van der Waals surface area contributed by atoms with Crippen LogP contribution in [0.5, 0.6) is 0 Å². The van der Waals surface area contributed by atoms with Crippen LogP contribution in [0.2, 0.25) is 0 Å². The fourth-order valence-corrected chi connectivity index (χ4v) is 1.61. The molecular weight excluding hydrogens is 241 g/mol. The summed E-state index contributed by atoms with van der Waals surface area (Å²) in [4.78, 5) is 38.5. The van der Waals surface area contributed by atoms with Crippen molar-refractivity contribution >= 4 is 17.8 Å². The van der Waals surface area contributed by atoms with Gasteiger partial charge in [0.15, 0.2) is 0 Å². The standard InChI is InChI=1S/C12H10FNO4/c13-9-3-1-2-8(6-9)7-12(17)18-14-10(15)4-5-11(14)16/h1-3,6H,4-5,7H2. The van der Waals surface area contributed by atoms with Gasteiger partial charge in [-0.3, -0.25) is 9.59 Å². The average molecular weight is 251 g/mol. The largest absolute Gasteiger partial charge is 0.337 e. The van der Waals surface area contributed by atoms with E-state index in [1.54, 1.807) is 6.07 Å². The Kier molecular flexibility index (Phi) is 3.36. The Labute approximate surface area is 102 Å². The molecule has 0 bridgehead atoms. The number of hydrogen-bond donors (Lipinski definition) is 0. The van der Waals surface area contributed by atoms with Gasteiger partial charge < -0.3 is 4.84 Å². The quantitative estimate of drug-likeness (QED) is 0.751. The topological polar surface area (TPSA) is 63.7 Å². The highest BCUT2D eigenvalue weighted by Gasteiger charge is 2.32. The van der Waals surface area contributed by atoms with Gasteiger partial charge in [0.1, 0.15) is 5.82 Å². The highest BCUT2D eigenvalue weighted by atomic mass is 19.1. The van der Waals surface area contributed by atoms with E-state index in [0.717, 1.165) is 0 Å². The molecule has 1 fully saturated rings. The van der Waals surface area contributed by atoms with Crippen molar-refractivity contribution < 1.29 is 23.6 Å². The Morgan fingerprint density at radius 3 is 2.56 bits per heavy atom. The van der Waals surface area contributed by atoms with E-state index in [-0.39, 0.29) is 19.3 Å². The first kappa shape index (κ1) is 12.2. The minimum absolute atomic E-state index is 0.0477. The van der Waals surface area contributed by atoms with Gasteiger partial charge >= 0.3 is 5.97 Å². The summed E-state index contributed by atoms with van der Waals surface area (Å²) in [6, 6.07) is 5.46. The second-order valence-corrected chi connectivity index (χ2v) is 3.85. The Balaban J connectivity index is 1.97. The molecule has 0 radical (unpaired) electrons. The molecule has 5 nitrogen and oxygen atoms in total. The number of amides is 2. The van der Waals surface area contributed by atoms with E-state index in [2.05, 4.69) is 4.84 Å². The van der Waals surface area contributed by atoms with Gasteiger partial charge in [-0.25, -0.2) is 9.18 Å². The molecule has 0 saturated carbocycles.